The lowest BCUT2D eigenvalue weighted by atomic mass is 9.91. The second-order valence-corrected chi connectivity index (χ2v) is 9.57. The van der Waals surface area contributed by atoms with Crippen molar-refractivity contribution in [2.75, 3.05) is 18.1 Å². The molecule has 0 radical (unpaired) electrons. The molecule has 3 atom stereocenters. The highest BCUT2D eigenvalue weighted by atomic mass is 35.5. The lowest BCUT2D eigenvalue weighted by Crippen LogP contribution is -2.52. The molecular formula is C23H22Cl2N2O2S. The molecule has 0 aromatic heterocycles. The Labute approximate surface area is 191 Å². The van der Waals surface area contributed by atoms with E-state index in [1.807, 2.05) is 53.4 Å². The summed E-state index contributed by atoms with van der Waals surface area (Å²) >= 11 is 14.0. The summed E-state index contributed by atoms with van der Waals surface area (Å²) < 4.78 is 6.09. The molecule has 2 aromatic carbocycles. The first kappa shape index (κ1) is 21.5. The molecule has 2 aliphatic rings. The Bertz CT molecular complexity index is 943. The van der Waals surface area contributed by atoms with Crippen LogP contribution in [0.3, 0.4) is 0 Å². The molecule has 0 spiro atoms. The quantitative estimate of drug-likeness (QED) is 0.499. The van der Waals surface area contributed by atoms with Crippen LogP contribution in [0.15, 0.2) is 48.5 Å². The zero-order valence-corrected chi connectivity index (χ0v) is 18.7. The van der Waals surface area contributed by atoms with Crippen molar-refractivity contribution in [3.63, 3.8) is 0 Å². The number of hydrogen-bond acceptors (Lipinski definition) is 4. The van der Waals surface area contributed by atoms with Crippen molar-refractivity contribution in [1.82, 2.24) is 4.90 Å². The molecule has 1 heterocycles. The molecule has 0 N–H and O–H groups in total. The maximum Gasteiger partial charge on any atom is 0.249 e. The van der Waals surface area contributed by atoms with Gasteiger partial charge in [-0.1, -0.05) is 47.5 Å². The van der Waals surface area contributed by atoms with Gasteiger partial charge in [0.05, 0.1) is 17.9 Å². The summed E-state index contributed by atoms with van der Waals surface area (Å²) in [4.78, 5) is 15.2. The van der Waals surface area contributed by atoms with Crippen molar-refractivity contribution in [2.45, 2.75) is 31.0 Å². The zero-order valence-electron chi connectivity index (χ0n) is 16.3. The number of nitrogens with zero attached hydrogens (tertiary/aromatic N) is 2. The second-order valence-electron chi connectivity index (χ2n) is 7.66. The number of nitriles is 1. The van der Waals surface area contributed by atoms with E-state index < -0.39 is 0 Å². The number of carbonyl (C=O) groups is 1. The number of thioether (sulfide) groups is 1. The van der Waals surface area contributed by atoms with E-state index >= 15 is 0 Å². The standard InChI is InChI=1S/C23H22Cl2N2O2S/c24-18-8-6-16(7-9-18)22-23(17-2-1-3-19(25)12-17)29-13-21(28)27(22)20(15-4-5-15)14-30-11-10-26/h1-3,6-9,12,15,20,22-23H,4-5,11,13-14H2/t20-,22+,23+/m0/s1. The number of carbonyl (C=O) groups excluding carboxylic acids is 1. The topological polar surface area (TPSA) is 53.3 Å². The number of amides is 1. The number of halogens is 2. The largest absolute Gasteiger partial charge is 0.361 e. The summed E-state index contributed by atoms with van der Waals surface area (Å²) in [5.74, 6) is 1.62. The van der Waals surface area contributed by atoms with Crippen molar-refractivity contribution in [2.24, 2.45) is 5.92 Å². The van der Waals surface area contributed by atoms with E-state index in [1.165, 1.54) is 0 Å². The fourth-order valence-corrected chi connectivity index (χ4v) is 5.33. The highest BCUT2D eigenvalue weighted by Gasteiger charge is 2.46. The van der Waals surface area contributed by atoms with Crippen molar-refractivity contribution in [1.29, 1.82) is 5.26 Å². The van der Waals surface area contributed by atoms with E-state index in [-0.39, 0.29) is 30.7 Å². The lowest BCUT2D eigenvalue weighted by Gasteiger charge is -2.45. The normalized spacial score (nSPS) is 22.6. The van der Waals surface area contributed by atoms with E-state index in [0.29, 0.717) is 21.7 Å². The van der Waals surface area contributed by atoms with Gasteiger partial charge in [0.15, 0.2) is 0 Å². The van der Waals surface area contributed by atoms with Gasteiger partial charge in [-0.2, -0.15) is 5.26 Å². The summed E-state index contributed by atoms with van der Waals surface area (Å²) in [6.45, 7) is 0.0351. The van der Waals surface area contributed by atoms with Gasteiger partial charge in [-0.3, -0.25) is 4.79 Å². The third kappa shape index (κ3) is 4.78. The number of benzene rings is 2. The minimum absolute atomic E-state index is 0.0114. The molecular weight excluding hydrogens is 439 g/mol. The Morgan fingerprint density at radius 2 is 1.90 bits per heavy atom. The van der Waals surface area contributed by atoms with Crippen LogP contribution in [0.5, 0.6) is 0 Å². The molecule has 1 saturated heterocycles. The fourth-order valence-electron chi connectivity index (χ4n) is 4.13. The highest BCUT2D eigenvalue weighted by Crippen LogP contribution is 2.46. The van der Waals surface area contributed by atoms with E-state index in [9.17, 15) is 4.79 Å². The van der Waals surface area contributed by atoms with Crippen molar-refractivity contribution in [3.05, 3.63) is 69.7 Å². The second kappa shape index (κ2) is 9.62. The van der Waals surface area contributed by atoms with E-state index in [4.69, 9.17) is 33.2 Å². The maximum atomic E-state index is 13.2. The summed E-state index contributed by atoms with van der Waals surface area (Å²) in [5.41, 5.74) is 1.92. The first-order valence-corrected chi connectivity index (χ1v) is 11.9. The lowest BCUT2D eigenvalue weighted by molar-refractivity contribution is -0.163. The van der Waals surface area contributed by atoms with Crippen molar-refractivity contribution >= 4 is 40.9 Å². The molecule has 0 unspecified atom stereocenters. The molecule has 1 aliphatic heterocycles. The molecule has 1 amide bonds. The monoisotopic (exact) mass is 460 g/mol. The van der Waals surface area contributed by atoms with Crippen LogP contribution in [0.2, 0.25) is 10.0 Å². The Morgan fingerprint density at radius 1 is 1.13 bits per heavy atom. The van der Waals surface area contributed by atoms with Crippen LogP contribution in [0.25, 0.3) is 0 Å². The molecule has 2 aromatic rings. The third-order valence-corrected chi connectivity index (χ3v) is 7.03. The number of ether oxygens (including phenoxy) is 1. The molecule has 0 bridgehead atoms. The predicted molar refractivity (Wildman–Crippen MR) is 121 cm³/mol. The molecule has 30 heavy (non-hydrogen) atoms. The molecule has 4 rings (SSSR count). The number of rotatable bonds is 7. The van der Waals surface area contributed by atoms with Gasteiger partial charge < -0.3 is 9.64 Å². The van der Waals surface area contributed by atoms with Gasteiger partial charge in [0.1, 0.15) is 12.7 Å². The Morgan fingerprint density at radius 3 is 2.57 bits per heavy atom. The third-order valence-electron chi connectivity index (χ3n) is 5.63. The van der Waals surface area contributed by atoms with Gasteiger partial charge in [0, 0.05) is 21.8 Å². The smallest absolute Gasteiger partial charge is 0.249 e. The maximum absolute atomic E-state index is 13.2. The van der Waals surface area contributed by atoms with E-state index in [2.05, 4.69) is 6.07 Å². The minimum Gasteiger partial charge on any atom is -0.361 e. The van der Waals surface area contributed by atoms with E-state index in [1.54, 1.807) is 11.8 Å². The fraction of sp³-hybridized carbons (Fsp3) is 0.391. The Balaban J connectivity index is 1.75. The van der Waals surface area contributed by atoms with Gasteiger partial charge in [0.2, 0.25) is 5.91 Å². The van der Waals surface area contributed by atoms with Gasteiger partial charge in [-0.05, 0) is 54.2 Å². The zero-order chi connectivity index (χ0) is 21.1. The van der Waals surface area contributed by atoms with Crippen LogP contribution in [0.1, 0.15) is 36.1 Å². The average Bonchev–Trinajstić information content (AvgIpc) is 3.57. The van der Waals surface area contributed by atoms with Gasteiger partial charge in [0.25, 0.3) is 0 Å². The van der Waals surface area contributed by atoms with Crippen molar-refractivity contribution in [3.8, 4) is 6.07 Å². The molecule has 1 saturated carbocycles. The summed E-state index contributed by atoms with van der Waals surface area (Å²) in [7, 11) is 0. The first-order valence-electron chi connectivity index (χ1n) is 9.97. The first-order chi connectivity index (χ1) is 14.6. The van der Waals surface area contributed by atoms with E-state index in [0.717, 1.165) is 29.7 Å². The molecule has 1 aliphatic carbocycles. The summed E-state index contributed by atoms with van der Waals surface area (Å²) in [5, 5.41) is 10.3. The van der Waals surface area contributed by atoms with Crippen LogP contribution < -0.4 is 0 Å². The minimum atomic E-state index is -0.329. The average molecular weight is 461 g/mol. The van der Waals surface area contributed by atoms with Crippen LogP contribution in [-0.4, -0.2) is 35.0 Å². The Kier molecular flexibility index (Phi) is 6.90. The summed E-state index contributed by atoms with van der Waals surface area (Å²) in [6.07, 6.45) is 1.89. The SMILES string of the molecule is N#CCSC[C@@H](C1CC1)N1C(=O)CO[C@H](c2cccc(Cl)c2)[C@H]1c1ccc(Cl)cc1. The molecule has 2 fully saturated rings. The van der Waals surface area contributed by atoms with Crippen LogP contribution in [0, 0.1) is 17.2 Å². The molecule has 7 heteroatoms. The van der Waals surface area contributed by atoms with Gasteiger partial charge in [-0.15, -0.1) is 11.8 Å². The van der Waals surface area contributed by atoms with Gasteiger partial charge in [-0.25, -0.2) is 0 Å². The summed E-state index contributed by atoms with van der Waals surface area (Å²) in [6, 6.07) is 17.2. The van der Waals surface area contributed by atoms with Crippen LogP contribution >= 0.6 is 35.0 Å². The molecule has 156 valence electrons. The Hall–Kier alpha value is -1.71. The van der Waals surface area contributed by atoms with Crippen LogP contribution in [-0.2, 0) is 9.53 Å². The van der Waals surface area contributed by atoms with Crippen molar-refractivity contribution < 1.29 is 9.53 Å². The number of hydrogen-bond donors (Lipinski definition) is 0. The van der Waals surface area contributed by atoms with Crippen LogP contribution in [0.4, 0.5) is 0 Å². The number of morpholine rings is 1. The highest BCUT2D eigenvalue weighted by molar-refractivity contribution is 7.99. The van der Waals surface area contributed by atoms with Gasteiger partial charge >= 0.3 is 0 Å². The predicted octanol–water partition coefficient (Wildman–Crippen LogP) is 5.67. The molecule has 4 nitrogen and oxygen atoms in total.